The molecule has 0 aliphatic carbocycles. The molecule has 0 fully saturated rings. The largest absolute Gasteiger partial charge is 0.458 e. The third-order valence-corrected chi connectivity index (χ3v) is 4.47. The van der Waals surface area contributed by atoms with Crippen molar-refractivity contribution in [2.75, 3.05) is 0 Å². The number of rotatable bonds is 10. The summed E-state index contributed by atoms with van der Waals surface area (Å²) in [6.07, 6.45) is 5.76. The molecule has 0 saturated heterocycles. The molecule has 2 unspecified atom stereocenters. The van der Waals surface area contributed by atoms with Gasteiger partial charge in [0.25, 0.3) is 0 Å². The number of ether oxygens (including phenoxy) is 2. The van der Waals surface area contributed by atoms with Crippen molar-refractivity contribution in [2.24, 2.45) is 0 Å². The van der Waals surface area contributed by atoms with E-state index in [1.807, 2.05) is 13.8 Å². The molecular weight excluding hydrogens is 376 g/mol. The lowest BCUT2D eigenvalue weighted by Crippen LogP contribution is -2.18. The summed E-state index contributed by atoms with van der Waals surface area (Å²) in [6.45, 7) is 8.09. The zero-order valence-electron chi connectivity index (χ0n) is 18.8. The van der Waals surface area contributed by atoms with Gasteiger partial charge in [-0.15, -0.1) is 11.8 Å². The van der Waals surface area contributed by atoms with Crippen LogP contribution in [0.15, 0.2) is 24.3 Å². The van der Waals surface area contributed by atoms with Crippen molar-refractivity contribution < 1.29 is 19.1 Å². The molecule has 1 aromatic rings. The fourth-order valence-electron chi connectivity index (χ4n) is 2.52. The van der Waals surface area contributed by atoms with Crippen molar-refractivity contribution in [1.82, 2.24) is 0 Å². The fraction of sp³-hybridized carbons (Fsp3) is 0.538. The summed E-state index contributed by atoms with van der Waals surface area (Å²) in [5.74, 6) is 11.5. The van der Waals surface area contributed by atoms with Crippen LogP contribution in [0.2, 0.25) is 0 Å². The molecule has 0 amide bonds. The van der Waals surface area contributed by atoms with E-state index in [4.69, 9.17) is 9.47 Å². The van der Waals surface area contributed by atoms with E-state index in [9.17, 15) is 9.59 Å². The Labute approximate surface area is 181 Å². The summed E-state index contributed by atoms with van der Waals surface area (Å²) >= 11 is 0. The Morgan fingerprint density at radius 2 is 1.07 bits per heavy atom. The van der Waals surface area contributed by atoms with Crippen LogP contribution in [0.5, 0.6) is 0 Å². The number of hydrogen-bond donors (Lipinski definition) is 0. The number of carbonyl (C=O) groups excluding carboxylic acids is 2. The van der Waals surface area contributed by atoms with Gasteiger partial charge in [-0.2, -0.15) is 0 Å². The van der Waals surface area contributed by atoms with Gasteiger partial charge in [-0.25, -0.2) is 9.59 Å². The second kappa shape index (κ2) is 15.2. The predicted octanol–water partition coefficient (Wildman–Crippen LogP) is 5.94. The molecule has 0 aromatic heterocycles. The van der Waals surface area contributed by atoms with Crippen LogP contribution in [0, 0.1) is 23.7 Å². The predicted molar refractivity (Wildman–Crippen MR) is 120 cm³/mol. The van der Waals surface area contributed by atoms with Gasteiger partial charge in [0, 0.05) is 25.7 Å². The molecule has 0 aliphatic heterocycles. The van der Waals surface area contributed by atoms with E-state index in [-0.39, 0.29) is 12.2 Å². The van der Waals surface area contributed by atoms with Gasteiger partial charge in [-0.3, -0.25) is 0 Å². The summed E-state index contributed by atoms with van der Waals surface area (Å²) < 4.78 is 11.1. The first-order chi connectivity index (χ1) is 14.5. The maximum Gasteiger partial charge on any atom is 0.338 e. The average molecular weight is 411 g/mol. The highest BCUT2D eigenvalue weighted by Crippen LogP contribution is 2.13. The van der Waals surface area contributed by atoms with Crippen LogP contribution >= 0.6 is 0 Å². The topological polar surface area (TPSA) is 52.6 Å². The number of esters is 2. The average Bonchev–Trinajstić information content (AvgIpc) is 2.77. The minimum atomic E-state index is -0.406. The minimum Gasteiger partial charge on any atom is -0.458 e. The van der Waals surface area contributed by atoms with Crippen LogP contribution in [-0.2, 0) is 9.47 Å². The molecule has 4 heteroatoms. The van der Waals surface area contributed by atoms with E-state index in [1.54, 1.807) is 24.3 Å². The normalized spacial score (nSPS) is 11.9. The standard InChI is InChI=1S/C26H34O4/c1-5-9-11-13-15-23(7-3)29-25(27)21-17-19-22(20-18-21)26(28)30-24(8-4)16-14-12-10-6-2/h17-20,23-24H,5-10,15-16H2,1-4H3. The Kier molecular flexibility index (Phi) is 12.8. The molecule has 4 nitrogen and oxygen atoms in total. The van der Waals surface area contributed by atoms with Gasteiger partial charge in [-0.05, 0) is 49.9 Å². The van der Waals surface area contributed by atoms with Crippen molar-refractivity contribution >= 4 is 11.9 Å². The molecule has 1 aromatic carbocycles. The molecule has 30 heavy (non-hydrogen) atoms. The Hall–Kier alpha value is -2.72. The number of benzene rings is 1. The molecule has 0 spiro atoms. The summed E-state index contributed by atoms with van der Waals surface area (Å²) in [4.78, 5) is 24.8. The molecule has 0 aliphatic rings. The summed E-state index contributed by atoms with van der Waals surface area (Å²) in [6, 6.07) is 6.37. The van der Waals surface area contributed by atoms with Crippen molar-refractivity contribution in [1.29, 1.82) is 0 Å². The maximum absolute atomic E-state index is 12.4. The monoisotopic (exact) mass is 410 g/mol. The van der Waals surface area contributed by atoms with Crippen LogP contribution < -0.4 is 0 Å². The minimum absolute atomic E-state index is 0.231. The molecule has 162 valence electrons. The summed E-state index contributed by atoms with van der Waals surface area (Å²) in [5, 5.41) is 0. The van der Waals surface area contributed by atoms with Crippen LogP contribution in [0.3, 0.4) is 0 Å². The highest BCUT2D eigenvalue weighted by molar-refractivity contribution is 5.93. The molecule has 0 bridgehead atoms. The van der Waals surface area contributed by atoms with Gasteiger partial charge in [-0.1, -0.05) is 39.5 Å². The Morgan fingerprint density at radius 3 is 1.37 bits per heavy atom. The van der Waals surface area contributed by atoms with Gasteiger partial charge in [0.15, 0.2) is 0 Å². The zero-order valence-corrected chi connectivity index (χ0v) is 18.8. The van der Waals surface area contributed by atoms with E-state index in [2.05, 4.69) is 37.5 Å². The van der Waals surface area contributed by atoms with Crippen molar-refractivity contribution in [3.05, 3.63) is 35.4 Å². The van der Waals surface area contributed by atoms with Crippen LogP contribution in [0.25, 0.3) is 0 Å². The lowest BCUT2D eigenvalue weighted by molar-refractivity contribution is 0.0289. The summed E-state index contributed by atoms with van der Waals surface area (Å²) in [7, 11) is 0. The Balaban J connectivity index is 2.64. The van der Waals surface area contributed by atoms with Crippen LogP contribution in [-0.4, -0.2) is 24.1 Å². The van der Waals surface area contributed by atoms with Gasteiger partial charge in [0.2, 0.25) is 0 Å². The quantitative estimate of drug-likeness (QED) is 0.353. The molecular formula is C26H34O4. The number of carbonyl (C=O) groups is 2. The molecule has 2 atom stereocenters. The highest BCUT2D eigenvalue weighted by Gasteiger charge is 2.17. The van der Waals surface area contributed by atoms with E-state index < -0.39 is 11.9 Å². The SMILES string of the molecule is CCCC#CCC(CC)OC(=O)c1ccc(C(=O)OC(CC)CC#CCCC)cc1. The van der Waals surface area contributed by atoms with Gasteiger partial charge in [0.1, 0.15) is 12.2 Å². The van der Waals surface area contributed by atoms with Gasteiger partial charge < -0.3 is 9.47 Å². The molecule has 1 rings (SSSR count). The van der Waals surface area contributed by atoms with Gasteiger partial charge >= 0.3 is 11.9 Å². The Morgan fingerprint density at radius 1 is 0.700 bits per heavy atom. The first-order valence-corrected chi connectivity index (χ1v) is 11.0. The third kappa shape index (κ3) is 9.66. The lowest BCUT2D eigenvalue weighted by Gasteiger charge is -2.15. The molecule has 0 radical (unpaired) electrons. The highest BCUT2D eigenvalue weighted by atomic mass is 16.5. The van der Waals surface area contributed by atoms with Crippen molar-refractivity contribution in [2.45, 2.75) is 91.3 Å². The maximum atomic E-state index is 12.4. The second-order valence-corrected chi connectivity index (χ2v) is 7.06. The van der Waals surface area contributed by atoms with Crippen molar-refractivity contribution in [3.8, 4) is 23.7 Å². The van der Waals surface area contributed by atoms with E-state index in [0.717, 1.165) is 25.7 Å². The van der Waals surface area contributed by atoms with E-state index in [1.165, 1.54) is 0 Å². The molecule has 0 heterocycles. The summed E-state index contributed by atoms with van der Waals surface area (Å²) in [5.41, 5.74) is 0.813. The number of unbranched alkanes of at least 4 members (excludes halogenated alkanes) is 2. The number of hydrogen-bond acceptors (Lipinski definition) is 4. The fourth-order valence-corrected chi connectivity index (χ4v) is 2.52. The van der Waals surface area contributed by atoms with Gasteiger partial charge in [0.05, 0.1) is 11.1 Å². The van der Waals surface area contributed by atoms with Crippen LogP contribution in [0.4, 0.5) is 0 Å². The zero-order chi connectivity index (χ0) is 22.2. The first kappa shape index (κ1) is 25.3. The lowest BCUT2D eigenvalue weighted by atomic mass is 10.1. The van der Waals surface area contributed by atoms with Crippen LogP contribution in [0.1, 0.15) is 99.8 Å². The van der Waals surface area contributed by atoms with E-state index >= 15 is 0 Å². The smallest absolute Gasteiger partial charge is 0.338 e. The second-order valence-electron chi connectivity index (χ2n) is 7.06. The van der Waals surface area contributed by atoms with Crippen molar-refractivity contribution in [3.63, 3.8) is 0 Å². The molecule has 0 N–H and O–H groups in total. The first-order valence-electron chi connectivity index (χ1n) is 11.0. The molecule has 0 saturated carbocycles. The Bertz CT molecular complexity index is 704. The third-order valence-electron chi connectivity index (χ3n) is 4.47. The van der Waals surface area contributed by atoms with E-state index in [0.29, 0.717) is 36.8 Å².